The van der Waals surface area contributed by atoms with E-state index < -0.39 is 0 Å². The van der Waals surface area contributed by atoms with Crippen molar-refractivity contribution in [3.05, 3.63) is 69.3 Å². The van der Waals surface area contributed by atoms with Gasteiger partial charge < -0.3 is 10.2 Å². The predicted octanol–water partition coefficient (Wildman–Crippen LogP) is 5.27. The van der Waals surface area contributed by atoms with Crippen LogP contribution in [-0.4, -0.2) is 46.8 Å². The van der Waals surface area contributed by atoms with Gasteiger partial charge in [-0.05, 0) is 62.3 Å². The molecule has 0 spiro atoms. The number of halogens is 2. The summed E-state index contributed by atoms with van der Waals surface area (Å²) in [7, 11) is 4.24. The normalized spacial score (nSPS) is 17.5. The number of nitrogens with zero attached hydrogens (tertiary/aromatic N) is 4. The van der Waals surface area contributed by atoms with Crippen LogP contribution in [0.4, 0.5) is 17.3 Å². The zero-order valence-corrected chi connectivity index (χ0v) is 19.9. The molecule has 32 heavy (non-hydrogen) atoms. The number of benzene rings is 2. The minimum Gasteiger partial charge on any atom is -0.324 e. The van der Waals surface area contributed by atoms with Gasteiger partial charge in [0.1, 0.15) is 5.03 Å². The second-order valence-corrected chi connectivity index (χ2v) is 9.87. The highest BCUT2D eigenvalue weighted by atomic mass is 35.5. The van der Waals surface area contributed by atoms with Crippen LogP contribution < -0.4 is 10.2 Å². The van der Waals surface area contributed by atoms with Crippen molar-refractivity contribution < 1.29 is 4.79 Å². The minimum atomic E-state index is -0.215. The molecule has 9 heteroatoms. The van der Waals surface area contributed by atoms with E-state index in [9.17, 15) is 4.79 Å². The Labute approximate surface area is 200 Å². The van der Waals surface area contributed by atoms with Crippen LogP contribution in [0.15, 0.2) is 47.6 Å². The molecule has 2 heterocycles. The summed E-state index contributed by atoms with van der Waals surface area (Å²) in [6.07, 6.45) is 3.67. The molecular weight excluding hydrogens is 465 g/mol. The molecular formula is C23H21Cl2N5OS. The van der Waals surface area contributed by atoms with Gasteiger partial charge in [-0.25, -0.2) is 9.97 Å². The van der Waals surface area contributed by atoms with Crippen LogP contribution >= 0.6 is 35.0 Å². The fraction of sp³-hybridized carbons (Fsp3) is 0.261. The maximum absolute atomic E-state index is 13.1. The molecule has 0 bridgehead atoms. The second-order valence-electron chi connectivity index (χ2n) is 8.12. The summed E-state index contributed by atoms with van der Waals surface area (Å²) in [5, 5.41) is 4.79. The Balaban J connectivity index is 1.36. The first-order valence-electron chi connectivity index (χ1n) is 10.2. The molecule has 0 saturated heterocycles. The van der Waals surface area contributed by atoms with E-state index in [0.29, 0.717) is 44.2 Å². The van der Waals surface area contributed by atoms with E-state index in [4.69, 9.17) is 23.2 Å². The number of fused-ring (bicyclic) bond motifs is 2. The standard InChI is InChI=1S/C23H21Cl2N5OS/c1-29(2)16-9-13-6-7-15(8-14(13)10-16)27-23-26-11-17-21(28-23)32-12-30(22(17)31)20-18(24)4-3-5-19(20)25/h3-8,11,16H,9-10,12H2,1-2H3,(H,26,27,28). The molecule has 5 rings (SSSR count). The number of hydrogen-bond donors (Lipinski definition) is 1. The molecule has 1 aliphatic heterocycles. The van der Waals surface area contributed by atoms with Crippen LogP contribution in [0.5, 0.6) is 0 Å². The number of nitrogens with one attached hydrogen (secondary N) is 1. The van der Waals surface area contributed by atoms with Crippen LogP contribution in [0.2, 0.25) is 10.0 Å². The highest BCUT2D eigenvalue weighted by molar-refractivity contribution is 7.99. The lowest BCUT2D eigenvalue weighted by molar-refractivity contribution is 0.0985. The summed E-state index contributed by atoms with van der Waals surface area (Å²) in [5.41, 5.74) is 4.63. The van der Waals surface area contributed by atoms with E-state index in [2.05, 4.69) is 52.5 Å². The first-order chi connectivity index (χ1) is 15.4. The van der Waals surface area contributed by atoms with Gasteiger partial charge in [0.2, 0.25) is 5.95 Å². The molecule has 0 saturated carbocycles. The Morgan fingerprint density at radius 1 is 1.12 bits per heavy atom. The molecule has 1 aromatic heterocycles. The van der Waals surface area contributed by atoms with Crippen LogP contribution in [0, 0.1) is 0 Å². The zero-order valence-electron chi connectivity index (χ0n) is 17.6. The molecule has 2 aliphatic rings. The summed E-state index contributed by atoms with van der Waals surface area (Å²) in [5.74, 6) is 0.624. The predicted molar refractivity (Wildman–Crippen MR) is 131 cm³/mol. The van der Waals surface area contributed by atoms with Gasteiger partial charge in [0, 0.05) is 17.9 Å². The molecule has 1 unspecified atom stereocenters. The molecule has 1 aliphatic carbocycles. The third-order valence-corrected chi connectivity index (χ3v) is 7.45. The van der Waals surface area contributed by atoms with Crippen LogP contribution in [-0.2, 0) is 12.8 Å². The number of thioether (sulfide) groups is 1. The Bertz CT molecular complexity index is 1200. The van der Waals surface area contributed by atoms with Crippen molar-refractivity contribution in [2.75, 3.05) is 30.2 Å². The van der Waals surface area contributed by atoms with E-state index in [1.54, 1.807) is 29.3 Å². The number of likely N-dealkylation sites (N-methyl/N-ethyl adjacent to an activating group) is 1. The Kier molecular flexibility index (Phi) is 5.75. The zero-order chi connectivity index (χ0) is 22.4. The van der Waals surface area contributed by atoms with E-state index in [1.807, 2.05) is 0 Å². The number of para-hydroxylation sites is 1. The Morgan fingerprint density at radius 3 is 2.62 bits per heavy atom. The average molecular weight is 486 g/mol. The molecule has 0 fully saturated rings. The van der Waals surface area contributed by atoms with Crippen molar-refractivity contribution in [1.82, 2.24) is 14.9 Å². The Hall–Kier alpha value is -2.32. The third-order valence-electron chi connectivity index (χ3n) is 5.87. The van der Waals surface area contributed by atoms with Gasteiger partial charge in [-0.3, -0.25) is 9.69 Å². The number of amides is 1. The van der Waals surface area contributed by atoms with Crippen molar-refractivity contribution in [2.24, 2.45) is 0 Å². The van der Waals surface area contributed by atoms with Crippen LogP contribution in [0.1, 0.15) is 21.5 Å². The number of carbonyl (C=O) groups is 1. The van der Waals surface area contributed by atoms with Gasteiger partial charge in [0.15, 0.2) is 0 Å². The number of rotatable bonds is 4. The largest absolute Gasteiger partial charge is 0.324 e. The van der Waals surface area contributed by atoms with Crippen LogP contribution in [0.25, 0.3) is 0 Å². The van der Waals surface area contributed by atoms with E-state index in [-0.39, 0.29) is 5.91 Å². The van der Waals surface area contributed by atoms with Crippen LogP contribution in [0.3, 0.4) is 0 Å². The summed E-state index contributed by atoms with van der Waals surface area (Å²) in [4.78, 5) is 25.9. The van der Waals surface area contributed by atoms with Crippen molar-refractivity contribution in [3.63, 3.8) is 0 Å². The maximum atomic E-state index is 13.1. The maximum Gasteiger partial charge on any atom is 0.263 e. The summed E-state index contributed by atoms with van der Waals surface area (Å²) < 4.78 is 0. The van der Waals surface area contributed by atoms with Gasteiger partial charge in [-0.15, -0.1) is 0 Å². The smallest absolute Gasteiger partial charge is 0.263 e. The first kappa shape index (κ1) is 21.5. The third kappa shape index (κ3) is 3.94. The summed E-state index contributed by atoms with van der Waals surface area (Å²) in [6.45, 7) is 0. The molecule has 1 atom stereocenters. The fourth-order valence-corrected chi connectivity index (χ4v) is 5.64. The van der Waals surface area contributed by atoms with E-state index in [0.717, 1.165) is 18.5 Å². The molecule has 3 aromatic rings. The molecule has 1 N–H and O–H groups in total. The molecule has 2 aromatic carbocycles. The average Bonchev–Trinajstić information content (AvgIpc) is 3.19. The quantitative estimate of drug-likeness (QED) is 0.508. The lowest BCUT2D eigenvalue weighted by Gasteiger charge is -2.28. The van der Waals surface area contributed by atoms with Crippen molar-refractivity contribution in [3.8, 4) is 0 Å². The van der Waals surface area contributed by atoms with E-state index >= 15 is 0 Å². The second kappa shape index (κ2) is 8.56. The van der Waals surface area contributed by atoms with Gasteiger partial charge in [-0.2, -0.15) is 0 Å². The lowest BCUT2D eigenvalue weighted by Crippen LogP contribution is -2.35. The van der Waals surface area contributed by atoms with Gasteiger partial charge >= 0.3 is 0 Å². The summed E-state index contributed by atoms with van der Waals surface area (Å²) in [6, 6.07) is 12.1. The highest BCUT2D eigenvalue weighted by Gasteiger charge is 2.30. The number of anilines is 3. The highest BCUT2D eigenvalue weighted by Crippen LogP contribution is 2.39. The van der Waals surface area contributed by atoms with Crippen molar-refractivity contribution in [1.29, 1.82) is 0 Å². The molecule has 1 amide bonds. The lowest BCUT2D eigenvalue weighted by atomic mass is 10.1. The number of carbonyl (C=O) groups excluding carboxylic acids is 1. The topological polar surface area (TPSA) is 61.4 Å². The fourth-order valence-electron chi connectivity index (χ4n) is 4.09. The van der Waals surface area contributed by atoms with E-state index in [1.165, 1.54) is 22.9 Å². The Morgan fingerprint density at radius 2 is 1.88 bits per heavy atom. The van der Waals surface area contributed by atoms with Gasteiger partial charge in [0.25, 0.3) is 5.91 Å². The number of aromatic nitrogens is 2. The molecule has 164 valence electrons. The minimum absolute atomic E-state index is 0.215. The van der Waals surface area contributed by atoms with Gasteiger partial charge in [0.05, 0.1) is 27.2 Å². The molecule has 6 nitrogen and oxygen atoms in total. The van der Waals surface area contributed by atoms with Crippen molar-refractivity contribution >= 4 is 58.2 Å². The number of hydrogen-bond acceptors (Lipinski definition) is 6. The molecule has 0 radical (unpaired) electrons. The first-order valence-corrected chi connectivity index (χ1v) is 12.0. The van der Waals surface area contributed by atoms with Crippen molar-refractivity contribution in [2.45, 2.75) is 23.9 Å². The monoisotopic (exact) mass is 485 g/mol. The summed E-state index contributed by atoms with van der Waals surface area (Å²) >= 11 is 14.1. The SMILES string of the molecule is CN(C)C1Cc2ccc(Nc3ncc4c(n3)SCN(c3c(Cl)cccc3Cl)C4=O)cc2C1. The van der Waals surface area contributed by atoms with Gasteiger partial charge in [-0.1, -0.05) is 47.1 Å².